The van der Waals surface area contributed by atoms with Gasteiger partial charge in [0.15, 0.2) is 0 Å². The first kappa shape index (κ1) is 22.1. The molecule has 0 N–H and O–H groups in total. The lowest BCUT2D eigenvalue weighted by Gasteiger charge is -2.17. The molecule has 7 rings (SSSR count). The summed E-state index contributed by atoms with van der Waals surface area (Å²) in [5, 5.41) is 0. The third kappa shape index (κ3) is 4.02. The number of carbonyl (C=O) groups is 2. The molecular formula is C32H22N4O2. The third-order valence-electron chi connectivity index (χ3n) is 6.97. The molecule has 0 radical (unpaired) electrons. The molecule has 2 aliphatic heterocycles. The zero-order valence-corrected chi connectivity index (χ0v) is 20.4. The van der Waals surface area contributed by atoms with Gasteiger partial charge in [0, 0.05) is 34.6 Å². The van der Waals surface area contributed by atoms with Crippen molar-refractivity contribution >= 4 is 23.2 Å². The highest BCUT2D eigenvalue weighted by molar-refractivity contribution is 6.17. The molecule has 2 aliphatic rings. The van der Waals surface area contributed by atoms with Gasteiger partial charge in [0.25, 0.3) is 0 Å². The van der Waals surface area contributed by atoms with Crippen molar-refractivity contribution in [2.45, 2.75) is 0 Å². The maximum atomic E-state index is 12.3. The summed E-state index contributed by atoms with van der Waals surface area (Å²) in [7, 11) is 0. The van der Waals surface area contributed by atoms with E-state index in [1.807, 2.05) is 109 Å². The Morgan fingerprint density at radius 2 is 0.895 bits per heavy atom. The van der Waals surface area contributed by atoms with Crippen molar-refractivity contribution in [1.29, 1.82) is 0 Å². The van der Waals surface area contributed by atoms with Gasteiger partial charge in [-0.15, -0.1) is 0 Å². The Labute approximate surface area is 219 Å². The molecule has 2 aromatic heterocycles. The van der Waals surface area contributed by atoms with Crippen LogP contribution in [-0.4, -0.2) is 34.9 Å². The number of hydrogen-bond donors (Lipinski definition) is 0. The van der Waals surface area contributed by atoms with E-state index in [0.717, 1.165) is 56.1 Å². The number of hydrogen-bond acceptors (Lipinski definition) is 4. The zero-order valence-electron chi connectivity index (χ0n) is 20.4. The second-order valence-corrected chi connectivity index (χ2v) is 9.44. The predicted molar refractivity (Wildman–Crippen MR) is 148 cm³/mol. The van der Waals surface area contributed by atoms with Crippen LogP contribution in [0.4, 0.5) is 11.4 Å². The molecule has 6 nitrogen and oxygen atoms in total. The predicted octanol–water partition coefficient (Wildman–Crippen LogP) is 5.84. The van der Waals surface area contributed by atoms with E-state index in [2.05, 4.69) is 0 Å². The summed E-state index contributed by atoms with van der Waals surface area (Å²) in [5.41, 5.74) is 8.87. The second-order valence-electron chi connectivity index (χ2n) is 9.44. The van der Waals surface area contributed by atoms with Gasteiger partial charge < -0.3 is 9.80 Å². The molecule has 0 unspecified atom stereocenters. The average molecular weight is 495 g/mol. The Bertz CT molecular complexity index is 1550. The number of nitrogens with zero attached hydrogens (tertiary/aromatic N) is 4. The monoisotopic (exact) mass is 494 g/mol. The molecule has 0 spiro atoms. The quantitative estimate of drug-likeness (QED) is 0.278. The molecule has 0 saturated carbocycles. The van der Waals surface area contributed by atoms with Crippen molar-refractivity contribution < 1.29 is 9.59 Å². The van der Waals surface area contributed by atoms with Crippen LogP contribution in [0.1, 0.15) is 0 Å². The molecule has 0 bridgehead atoms. The van der Waals surface area contributed by atoms with Crippen molar-refractivity contribution in [2.24, 2.45) is 0 Å². The van der Waals surface area contributed by atoms with Crippen molar-refractivity contribution in [3.8, 4) is 44.8 Å². The average Bonchev–Trinajstić information content (AvgIpc) is 3.90. The van der Waals surface area contributed by atoms with Crippen molar-refractivity contribution in [3.05, 3.63) is 109 Å². The van der Waals surface area contributed by atoms with Gasteiger partial charge in [-0.1, -0.05) is 72.8 Å². The van der Waals surface area contributed by atoms with Crippen molar-refractivity contribution in [3.63, 3.8) is 0 Å². The number of anilines is 2. The summed E-state index contributed by atoms with van der Waals surface area (Å²) < 4.78 is 0. The molecule has 0 atom stereocenters. The summed E-state index contributed by atoms with van der Waals surface area (Å²) in [6, 6.07) is 32.1. The van der Waals surface area contributed by atoms with Gasteiger partial charge in [0.05, 0.1) is 22.8 Å². The van der Waals surface area contributed by atoms with Crippen LogP contribution < -0.4 is 9.80 Å². The van der Waals surface area contributed by atoms with Crippen LogP contribution >= 0.6 is 0 Å². The number of aromatic nitrogens is 2. The summed E-state index contributed by atoms with van der Waals surface area (Å²) in [4.78, 5) is 37.5. The lowest BCUT2D eigenvalue weighted by molar-refractivity contribution is -0.110. The van der Waals surface area contributed by atoms with Gasteiger partial charge in [-0.05, 0) is 35.4 Å². The van der Waals surface area contributed by atoms with Crippen LogP contribution in [0, 0.1) is 0 Å². The first-order valence-corrected chi connectivity index (χ1v) is 12.5. The Morgan fingerprint density at radius 3 is 1.21 bits per heavy atom. The van der Waals surface area contributed by atoms with Crippen LogP contribution in [0.2, 0.25) is 0 Å². The lowest BCUT2D eigenvalue weighted by atomic mass is 9.99. The van der Waals surface area contributed by atoms with Gasteiger partial charge in [-0.25, -0.2) is 0 Å². The second kappa shape index (κ2) is 8.78. The van der Waals surface area contributed by atoms with E-state index >= 15 is 0 Å². The smallest absolute Gasteiger partial charge is 0.247 e. The first-order chi connectivity index (χ1) is 18.7. The van der Waals surface area contributed by atoms with Gasteiger partial charge in [-0.2, -0.15) is 0 Å². The number of benzene rings is 3. The number of pyridine rings is 2. The highest BCUT2D eigenvalue weighted by atomic mass is 16.2. The standard InChI is InChI=1S/C32H22N4O2/c37-31-19-35(31)29-16-26(28-14-12-24(18-34-28)22-9-5-2-6-10-22)30(36-20-32(36)38)15-25(29)27-13-11-23(17-33-27)21-7-3-1-4-8-21/h1-18H,19-20H2. The Morgan fingerprint density at radius 1 is 0.500 bits per heavy atom. The van der Waals surface area contributed by atoms with Crippen LogP contribution in [0.25, 0.3) is 44.8 Å². The fourth-order valence-corrected chi connectivity index (χ4v) is 4.78. The maximum absolute atomic E-state index is 12.3. The molecule has 5 aromatic rings. The Balaban J connectivity index is 1.33. The molecule has 6 heteroatoms. The van der Waals surface area contributed by atoms with E-state index in [1.165, 1.54) is 0 Å². The Kier molecular flexibility index (Phi) is 5.11. The van der Waals surface area contributed by atoms with Gasteiger partial charge >= 0.3 is 0 Å². The normalized spacial score (nSPS) is 14.1. The van der Waals surface area contributed by atoms with E-state index in [0.29, 0.717) is 13.1 Å². The van der Waals surface area contributed by atoms with Crippen molar-refractivity contribution in [2.75, 3.05) is 22.9 Å². The number of amides is 2. The molecule has 0 aliphatic carbocycles. The largest absolute Gasteiger partial charge is 0.301 e. The molecule has 2 saturated heterocycles. The molecule has 3 aromatic carbocycles. The fourth-order valence-electron chi connectivity index (χ4n) is 4.78. The fraction of sp³-hybridized carbons (Fsp3) is 0.0625. The maximum Gasteiger partial charge on any atom is 0.247 e. The molecule has 182 valence electrons. The van der Waals surface area contributed by atoms with Gasteiger partial charge in [0.1, 0.15) is 13.1 Å². The minimum absolute atomic E-state index is 0.0565. The number of rotatable bonds is 6. The molecular weight excluding hydrogens is 472 g/mol. The third-order valence-corrected chi connectivity index (χ3v) is 6.97. The van der Waals surface area contributed by atoms with E-state index in [4.69, 9.17) is 9.97 Å². The van der Waals surface area contributed by atoms with E-state index in [-0.39, 0.29) is 11.8 Å². The highest BCUT2D eigenvalue weighted by Gasteiger charge is 2.38. The summed E-state index contributed by atoms with van der Waals surface area (Å²) in [6.07, 6.45) is 3.69. The molecule has 2 amide bonds. The SMILES string of the molecule is O=C1CN1c1cc(-c2ccc(-c3ccccc3)cn2)c(N2CC2=O)cc1-c1ccc(-c2ccccc2)cn1. The van der Waals surface area contributed by atoms with E-state index < -0.39 is 0 Å². The van der Waals surface area contributed by atoms with Gasteiger partial charge in [0.2, 0.25) is 11.8 Å². The molecule has 4 heterocycles. The molecule has 38 heavy (non-hydrogen) atoms. The lowest BCUT2D eigenvalue weighted by Crippen LogP contribution is -2.03. The van der Waals surface area contributed by atoms with E-state index in [9.17, 15) is 9.59 Å². The minimum atomic E-state index is 0.0565. The van der Waals surface area contributed by atoms with Crippen molar-refractivity contribution in [1.82, 2.24) is 9.97 Å². The van der Waals surface area contributed by atoms with Crippen LogP contribution in [-0.2, 0) is 9.59 Å². The topological polar surface area (TPSA) is 65.9 Å². The van der Waals surface area contributed by atoms with Gasteiger partial charge in [-0.3, -0.25) is 19.6 Å². The van der Waals surface area contributed by atoms with Crippen LogP contribution in [0.15, 0.2) is 109 Å². The first-order valence-electron chi connectivity index (χ1n) is 12.5. The summed E-state index contributed by atoms with van der Waals surface area (Å²) >= 11 is 0. The number of carbonyl (C=O) groups excluding carboxylic acids is 2. The summed E-state index contributed by atoms with van der Waals surface area (Å²) in [5.74, 6) is 0.113. The van der Waals surface area contributed by atoms with Crippen LogP contribution in [0.5, 0.6) is 0 Å². The Hall–Kier alpha value is -5.10. The minimum Gasteiger partial charge on any atom is -0.301 e. The highest BCUT2D eigenvalue weighted by Crippen LogP contribution is 2.44. The zero-order chi connectivity index (χ0) is 25.6. The molecule has 2 fully saturated rings. The summed E-state index contributed by atoms with van der Waals surface area (Å²) in [6.45, 7) is 0.716. The van der Waals surface area contributed by atoms with Crippen LogP contribution in [0.3, 0.4) is 0 Å². The van der Waals surface area contributed by atoms with E-state index in [1.54, 1.807) is 9.80 Å².